The summed E-state index contributed by atoms with van der Waals surface area (Å²) in [4.78, 5) is 10.7. The lowest BCUT2D eigenvalue weighted by atomic mass is 9.88. The van der Waals surface area contributed by atoms with Gasteiger partial charge in [-0.05, 0) is 157 Å². The average Bonchev–Trinajstić information content (AvgIpc) is 4.00. The summed E-state index contributed by atoms with van der Waals surface area (Å²) >= 11 is 0. The van der Waals surface area contributed by atoms with Crippen molar-refractivity contribution in [3.63, 3.8) is 0 Å². The molecule has 0 unspecified atom stereocenters. The number of rotatable bonds is 13. The summed E-state index contributed by atoms with van der Waals surface area (Å²) in [5.41, 5.74) is 16.4. The van der Waals surface area contributed by atoms with Crippen molar-refractivity contribution in [2.45, 2.75) is 85.7 Å². The first-order valence-corrected chi connectivity index (χ1v) is 25.6. The Morgan fingerprint density at radius 1 is 0.438 bits per heavy atom. The number of para-hydroxylation sites is 2. The minimum absolute atomic E-state index is 0.0841. The summed E-state index contributed by atoms with van der Waals surface area (Å²) in [7, 11) is 0. The third-order valence-corrected chi connectivity index (χ3v) is 14.2. The minimum Gasteiger partial charge on any atom is -0.457 e. The van der Waals surface area contributed by atoms with Crippen LogP contribution in [0.4, 0.5) is 4.39 Å². The van der Waals surface area contributed by atoms with Crippen LogP contribution in [0.15, 0.2) is 188 Å². The quantitative estimate of drug-likeness (QED) is 0.116. The van der Waals surface area contributed by atoms with Crippen molar-refractivity contribution in [2.75, 3.05) is 0 Å². The topological polar surface area (TPSA) is 44.9 Å². The molecule has 0 aliphatic heterocycles. The predicted octanol–water partition coefficient (Wildman–Crippen LogP) is 18.9. The third-order valence-electron chi connectivity index (χ3n) is 14.2. The Labute approximate surface area is 431 Å². The smallest absolute Gasteiger partial charge is 0.146 e. The first-order chi connectivity index (χ1) is 36.1. The van der Waals surface area contributed by atoms with E-state index < -0.39 is 6.63 Å². The van der Waals surface area contributed by atoms with Crippen molar-refractivity contribution >= 4 is 32.8 Å². The van der Waals surface area contributed by atoms with Crippen LogP contribution in [0.1, 0.15) is 110 Å². The molecule has 9 aromatic carbocycles. The van der Waals surface area contributed by atoms with Crippen LogP contribution in [0.5, 0.6) is 11.5 Å². The van der Waals surface area contributed by atoms with E-state index in [1.54, 1.807) is 12.1 Å². The zero-order valence-electron chi connectivity index (χ0n) is 44.8. The SMILES string of the molecule is [2H]C([2H])(F)c1ccc2c(c1)nc(-c1cc(Oc3cccc(-c4nc5ccccc5n4-c4c(C(C)C)cc(-c5ccccc5)cc4C(C)C)c3)cc3ccccc13)n2-c1c(C(C)C)cc(-c2ccccc2)cc1C(C)C. The summed E-state index contributed by atoms with van der Waals surface area (Å²) in [6.45, 7) is 14.9. The number of ether oxygens (including phenoxy) is 1. The van der Waals surface area contributed by atoms with Crippen LogP contribution in [0.2, 0.25) is 0 Å². The molecule has 0 atom stereocenters. The van der Waals surface area contributed by atoms with Crippen molar-refractivity contribution < 1.29 is 11.9 Å². The fraction of sp³-hybridized carbons (Fsp3) is 0.194. The number of hydrogen-bond acceptors (Lipinski definition) is 3. The van der Waals surface area contributed by atoms with Gasteiger partial charge < -0.3 is 4.74 Å². The molecular formula is C67H61FN4O. The number of fused-ring (bicyclic) bond motifs is 3. The highest BCUT2D eigenvalue weighted by atomic mass is 19.1. The Morgan fingerprint density at radius 3 is 1.53 bits per heavy atom. The number of imidazole rings is 2. The molecule has 0 fully saturated rings. The molecule has 362 valence electrons. The Morgan fingerprint density at radius 2 is 0.945 bits per heavy atom. The van der Waals surface area contributed by atoms with E-state index in [0.29, 0.717) is 22.8 Å². The largest absolute Gasteiger partial charge is 0.457 e. The highest BCUT2D eigenvalue weighted by Crippen LogP contribution is 2.45. The monoisotopic (exact) mass is 958 g/mol. The van der Waals surface area contributed by atoms with E-state index in [2.05, 4.69) is 198 Å². The second-order valence-corrected chi connectivity index (χ2v) is 20.5. The van der Waals surface area contributed by atoms with Crippen LogP contribution in [0.3, 0.4) is 0 Å². The lowest BCUT2D eigenvalue weighted by Crippen LogP contribution is -2.09. The number of benzene rings is 9. The number of hydrogen-bond donors (Lipinski definition) is 0. The van der Waals surface area contributed by atoms with Crippen LogP contribution in [-0.4, -0.2) is 19.1 Å². The zero-order chi connectivity index (χ0) is 52.3. The van der Waals surface area contributed by atoms with Crippen molar-refractivity contribution in [3.8, 4) is 67.9 Å². The third kappa shape index (κ3) is 8.79. The normalized spacial score (nSPS) is 12.5. The van der Waals surface area contributed by atoms with Gasteiger partial charge in [-0.1, -0.05) is 171 Å². The average molecular weight is 959 g/mol. The molecule has 73 heavy (non-hydrogen) atoms. The first kappa shape index (κ1) is 44.8. The fourth-order valence-electron chi connectivity index (χ4n) is 10.6. The van der Waals surface area contributed by atoms with Gasteiger partial charge in [0.25, 0.3) is 0 Å². The van der Waals surface area contributed by atoms with E-state index in [4.69, 9.17) is 17.4 Å². The van der Waals surface area contributed by atoms with Crippen LogP contribution < -0.4 is 4.74 Å². The summed E-state index contributed by atoms with van der Waals surface area (Å²) < 4.78 is 42.9. The molecule has 0 saturated heterocycles. The maximum Gasteiger partial charge on any atom is 0.146 e. The van der Waals surface area contributed by atoms with Crippen molar-refractivity contribution in [3.05, 3.63) is 216 Å². The molecule has 11 aromatic rings. The first-order valence-electron chi connectivity index (χ1n) is 26.6. The van der Waals surface area contributed by atoms with Gasteiger partial charge in [0, 0.05) is 11.1 Å². The predicted molar refractivity (Wildman–Crippen MR) is 303 cm³/mol. The van der Waals surface area contributed by atoms with Gasteiger partial charge in [0.05, 0.1) is 36.2 Å². The molecule has 0 bridgehead atoms. The lowest BCUT2D eigenvalue weighted by Gasteiger charge is -2.25. The van der Waals surface area contributed by atoms with E-state index in [1.165, 1.54) is 22.3 Å². The lowest BCUT2D eigenvalue weighted by molar-refractivity contribution is 0.484. The molecule has 0 radical (unpaired) electrons. The molecule has 0 amide bonds. The molecule has 0 N–H and O–H groups in total. The minimum atomic E-state index is -3.05. The highest BCUT2D eigenvalue weighted by Gasteiger charge is 2.27. The van der Waals surface area contributed by atoms with Gasteiger partial charge in [-0.25, -0.2) is 14.4 Å². The number of nitrogens with zero attached hydrogens (tertiary/aromatic N) is 4. The van der Waals surface area contributed by atoms with Crippen molar-refractivity contribution in [1.29, 1.82) is 0 Å². The van der Waals surface area contributed by atoms with Gasteiger partial charge in [-0.3, -0.25) is 9.13 Å². The van der Waals surface area contributed by atoms with Gasteiger partial charge in [0.2, 0.25) is 0 Å². The van der Waals surface area contributed by atoms with Gasteiger partial charge in [0.1, 0.15) is 29.8 Å². The second kappa shape index (κ2) is 19.5. The van der Waals surface area contributed by atoms with E-state index in [-0.39, 0.29) is 29.2 Å². The second-order valence-electron chi connectivity index (χ2n) is 20.5. The molecule has 0 spiro atoms. The van der Waals surface area contributed by atoms with E-state index in [1.807, 2.05) is 42.5 Å². The molecule has 11 rings (SSSR count). The Hall–Kier alpha value is -8.09. The van der Waals surface area contributed by atoms with E-state index in [0.717, 1.165) is 77.9 Å². The number of aromatic nitrogens is 4. The summed E-state index contributed by atoms with van der Waals surface area (Å²) in [6.07, 6.45) is 0. The van der Waals surface area contributed by atoms with Gasteiger partial charge >= 0.3 is 0 Å². The highest BCUT2D eigenvalue weighted by molar-refractivity contribution is 5.99. The number of halogens is 1. The van der Waals surface area contributed by atoms with Crippen molar-refractivity contribution in [2.24, 2.45) is 0 Å². The molecular weight excluding hydrogens is 896 g/mol. The van der Waals surface area contributed by atoms with Crippen LogP contribution in [0.25, 0.3) is 89.2 Å². The van der Waals surface area contributed by atoms with Crippen LogP contribution in [-0.2, 0) is 6.63 Å². The maximum absolute atomic E-state index is 15.2. The Bertz CT molecular complexity index is 3860. The molecule has 2 heterocycles. The molecule has 6 heteroatoms. The van der Waals surface area contributed by atoms with E-state index >= 15 is 4.39 Å². The summed E-state index contributed by atoms with van der Waals surface area (Å²) in [5.74, 6) is 3.38. The van der Waals surface area contributed by atoms with Gasteiger partial charge in [0.15, 0.2) is 0 Å². The zero-order valence-corrected chi connectivity index (χ0v) is 42.8. The summed E-state index contributed by atoms with van der Waals surface area (Å²) in [5, 5.41) is 1.92. The molecule has 0 aliphatic rings. The Kier molecular flexibility index (Phi) is 12.0. The molecule has 0 saturated carbocycles. The maximum atomic E-state index is 15.2. The van der Waals surface area contributed by atoms with E-state index in [9.17, 15) is 0 Å². The fourth-order valence-corrected chi connectivity index (χ4v) is 10.6. The summed E-state index contributed by atoms with van der Waals surface area (Å²) in [6, 6.07) is 64.2. The molecule has 2 aromatic heterocycles. The number of alkyl halides is 1. The standard InChI is InChI=1S/C67H61FN4O/c1-41(2)55-35-50(46-20-11-9-12-21-46)36-56(42(3)4)64(55)71-62-29-18-17-28-60(62)69-66(71)49-25-19-26-52(34-49)73-53-33-48-24-15-16-27-54(48)59(39-53)67-70-61-32-45(40-68)30-31-63(61)72(67)65-57(43(5)6)37-51(38-58(65)44(7)8)47-22-13-10-14-23-47/h9-39,41-44H,40H2,1-8H3/i40D2. The van der Waals surface area contributed by atoms with Gasteiger partial charge in [-0.15, -0.1) is 0 Å². The molecule has 0 aliphatic carbocycles. The van der Waals surface area contributed by atoms with Crippen molar-refractivity contribution in [1.82, 2.24) is 19.1 Å². The molecule has 5 nitrogen and oxygen atoms in total. The van der Waals surface area contributed by atoms with Crippen LogP contribution in [0, 0.1) is 0 Å². The van der Waals surface area contributed by atoms with Crippen LogP contribution >= 0.6 is 0 Å². The Balaban J connectivity index is 1.09. The van der Waals surface area contributed by atoms with Gasteiger partial charge in [-0.2, -0.15) is 0 Å².